The molecule has 2 aromatic heterocycles. The molecule has 0 fully saturated rings. The number of benzene rings is 2. The number of hydrogen-bond donors (Lipinski definition) is 2. The van der Waals surface area contributed by atoms with Crippen molar-refractivity contribution in [3.05, 3.63) is 76.6 Å². The number of halogens is 1. The van der Waals surface area contributed by atoms with Crippen LogP contribution in [0.1, 0.15) is 27.8 Å². The first-order valence-electron chi connectivity index (χ1n) is 9.18. The molecule has 0 radical (unpaired) electrons. The first-order valence-corrected chi connectivity index (χ1v) is 9.56. The average molecular weight is 410 g/mol. The second-order valence-electron chi connectivity index (χ2n) is 6.91. The Labute approximate surface area is 172 Å². The molecule has 1 atom stereocenters. The third-order valence-electron chi connectivity index (χ3n) is 4.97. The van der Waals surface area contributed by atoms with Crippen molar-refractivity contribution in [1.82, 2.24) is 15.0 Å². The number of nitrogens with one attached hydrogen (secondary N) is 1. The second-order valence-corrected chi connectivity index (χ2v) is 7.32. The summed E-state index contributed by atoms with van der Waals surface area (Å²) < 4.78 is 7.25. The van der Waals surface area contributed by atoms with Crippen LogP contribution in [0.25, 0.3) is 22.2 Å². The van der Waals surface area contributed by atoms with Gasteiger partial charge in [0.1, 0.15) is 17.0 Å². The third kappa shape index (κ3) is 3.64. The Kier molecular flexibility index (Phi) is 5.13. The fraction of sp³-hybridized carbons (Fsp3) is 0.182. The van der Waals surface area contributed by atoms with Crippen LogP contribution in [-0.2, 0) is 7.05 Å². The summed E-state index contributed by atoms with van der Waals surface area (Å²) in [6.45, 7) is 1.73. The first kappa shape index (κ1) is 19.2. The zero-order valence-electron chi connectivity index (χ0n) is 16.0. The lowest BCUT2D eigenvalue weighted by molar-refractivity contribution is 0.0915. The zero-order valence-corrected chi connectivity index (χ0v) is 16.8. The lowest BCUT2D eigenvalue weighted by Crippen LogP contribution is -2.29. The van der Waals surface area contributed by atoms with Crippen LogP contribution in [0.5, 0.6) is 0 Å². The van der Waals surface area contributed by atoms with Crippen molar-refractivity contribution in [3.8, 4) is 11.3 Å². The van der Waals surface area contributed by atoms with Crippen LogP contribution in [0.3, 0.4) is 0 Å². The van der Waals surface area contributed by atoms with Crippen molar-refractivity contribution in [2.75, 3.05) is 6.54 Å². The molecule has 0 saturated carbocycles. The van der Waals surface area contributed by atoms with E-state index in [4.69, 9.17) is 16.1 Å². The predicted octanol–water partition coefficient (Wildman–Crippen LogP) is 4.26. The highest BCUT2D eigenvalue weighted by Gasteiger charge is 2.23. The normalized spacial score (nSPS) is 12.3. The first-order chi connectivity index (χ1) is 14.0. The summed E-state index contributed by atoms with van der Waals surface area (Å²) in [6, 6.07) is 14.8. The Bertz CT molecular complexity index is 1200. The molecule has 4 aromatic rings. The van der Waals surface area contributed by atoms with Crippen molar-refractivity contribution >= 4 is 28.4 Å². The van der Waals surface area contributed by atoms with Gasteiger partial charge in [-0.05, 0) is 42.1 Å². The molecular formula is C22H20ClN3O3. The zero-order chi connectivity index (χ0) is 20.5. The fourth-order valence-corrected chi connectivity index (χ4v) is 3.60. The number of aryl methyl sites for hydroxylation is 2. The largest absolute Gasteiger partial charge is 0.387 e. The second kappa shape index (κ2) is 7.73. The number of amides is 1. The standard InChI is InChI=1S/C22H20ClN3O3/c1-13-20(21(25-29-13)16-5-3-4-6-17(16)23)22(28)24-12-19(27)15-7-8-18-14(11-15)9-10-26(18)2/h3-11,19,27H,12H2,1-2H3,(H,24,28). The molecule has 2 aromatic carbocycles. The number of carbonyl (C=O) groups is 1. The van der Waals surface area contributed by atoms with Gasteiger partial charge in [-0.25, -0.2) is 0 Å². The topological polar surface area (TPSA) is 80.3 Å². The summed E-state index contributed by atoms with van der Waals surface area (Å²) in [4.78, 5) is 12.8. The smallest absolute Gasteiger partial charge is 0.257 e. The predicted molar refractivity (Wildman–Crippen MR) is 112 cm³/mol. The maximum Gasteiger partial charge on any atom is 0.257 e. The quantitative estimate of drug-likeness (QED) is 0.516. The Morgan fingerprint density at radius 3 is 2.86 bits per heavy atom. The van der Waals surface area contributed by atoms with Gasteiger partial charge in [0.15, 0.2) is 0 Å². The van der Waals surface area contributed by atoms with Gasteiger partial charge in [0.25, 0.3) is 5.91 Å². The van der Waals surface area contributed by atoms with E-state index in [9.17, 15) is 9.90 Å². The molecule has 6 nitrogen and oxygen atoms in total. The monoisotopic (exact) mass is 409 g/mol. The Morgan fingerprint density at radius 1 is 1.28 bits per heavy atom. The van der Waals surface area contributed by atoms with E-state index < -0.39 is 6.10 Å². The van der Waals surface area contributed by atoms with E-state index in [1.54, 1.807) is 25.1 Å². The summed E-state index contributed by atoms with van der Waals surface area (Å²) in [5.41, 5.74) is 3.12. The number of aliphatic hydroxyl groups is 1. The van der Waals surface area contributed by atoms with Crippen LogP contribution in [0.15, 0.2) is 59.3 Å². The van der Waals surface area contributed by atoms with Gasteiger partial charge < -0.3 is 19.5 Å². The molecule has 148 valence electrons. The summed E-state index contributed by atoms with van der Waals surface area (Å²) in [5.74, 6) is 0.0103. The third-order valence-corrected chi connectivity index (χ3v) is 5.30. The molecule has 0 aliphatic rings. The van der Waals surface area contributed by atoms with Crippen molar-refractivity contribution in [3.63, 3.8) is 0 Å². The maximum absolute atomic E-state index is 12.8. The molecule has 2 N–H and O–H groups in total. The Balaban J connectivity index is 1.52. The van der Waals surface area contributed by atoms with E-state index in [2.05, 4.69) is 10.5 Å². The average Bonchev–Trinajstić information content (AvgIpc) is 3.28. The minimum atomic E-state index is -0.840. The lowest BCUT2D eigenvalue weighted by Gasteiger charge is -2.13. The van der Waals surface area contributed by atoms with Crippen molar-refractivity contribution < 1.29 is 14.4 Å². The van der Waals surface area contributed by atoms with Crippen LogP contribution in [0.4, 0.5) is 0 Å². The van der Waals surface area contributed by atoms with Gasteiger partial charge in [0, 0.05) is 30.9 Å². The summed E-state index contributed by atoms with van der Waals surface area (Å²) in [6.07, 6.45) is 1.13. The minimum absolute atomic E-state index is 0.0593. The van der Waals surface area contributed by atoms with Gasteiger partial charge in [-0.15, -0.1) is 0 Å². The van der Waals surface area contributed by atoms with Crippen molar-refractivity contribution in [2.45, 2.75) is 13.0 Å². The molecule has 0 bridgehead atoms. The molecule has 2 heterocycles. The minimum Gasteiger partial charge on any atom is -0.387 e. The van der Waals surface area contributed by atoms with Crippen LogP contribution in [0.2, 0.25) is 5.02 Å². The van der Waals surface area contributed by atoms with Crippen LogP contribution >= 0.6 is 11.6 Å². The number of aromatic nitrogens is 2. The highest BCUT2D eigenvalue weighted by molar-refractivity contribution is 6.33. The molecule has 0 saturated heterocycles. The van der Waals surface area contributed by atoms with Gasteiger partial charge in [-0.3, -0.25) is 4.79 Å². The van der Waals surface area contributed by atoms with E-state index >= 15 is 0 Å². The summed E-state index contributed by atoms with van der Waals surface area (Å²) in [7, 11) is 1.97. The highest BCUT2D eigenvalue weighted by Crippen LogP contribution is 2.31. The van der Waals surface area contributed by atoms with E-state index in [1.807, 2.05) is 48.1 Å². The number of aliphatic hydroxyl groups excluding tert-OH is 1. The molecule has 1 unspecified atom stereocenters. The SMILES string of the molecule is Cc1onc(-c2ccccc2Cl)c1C(=O)NCC(O)c1ccc2c(ccn2C)c1. The van der Waals surface area contributed by atoms with Crippen molar-refractivity contribution in [1.29, 1.82) is 0 Å². The molecule has 4 rings (SSSR count). The number of carbonyl (C=O) groups excluding carboxylic acids is 1. The Hall–Kier alpha value is -3.09. The van der Waals surface area contributed by atoms with Crippen molar-refractivity contribution in [2.24, 2.45) is 7.05 Å². The van der Waals surface area contributed by atoms with E-state index in [-0.39, 0.29) is 12.5 Å². The van der Waals surface area contributed by atoms with Crippen LogP contribution in [0, 0.1) is 6.92 Å². The lowest BCUT2D eigenvalue weighted by atomic mass is 10.0. The van der Waals surface area contributed by atoms with Gasteiger partial charge in [0.05, 0.1) is 11.1 Å². The molecular weight excluding hydrogens is 390 g/mol. The van der Waals surface area contributed by atoms with E-state index in [1.165, 1.54) is 0 Å². The number of nitrogens with zero attached hydrogens (tertiary/aromatic N) is 2. The van der Waals surface area contributed by atoms with Crippen LogP contribution < -0.4 is 5.32 Å². The molecule has 0 spiro atoms. The molecule has 1 amide bonds. The van der Waals surface area contributed by atoms with Gasteiger partial charge in [-0.1, -0.05) is 41.0 Å². The van der Waals surface area contributed by atoms with Gasteiger partial charge in [0.2, 0.25) is 0 Å². The highest BCUT2D eigenvalue weighted by atomic mass is 35.5. The summed E-state index contributed by atoms with van der Waals surface area (Å²) >= 11 is 6.25. The maximum atomic E-state index is 12.8. The molecule has 29 heavy (non-hydrogen) atoms. The van der Waals surface area contributed by atoms with Gasteiger partial charge >= 0.3 is 0 Å². The molecule has 7 heteroatoms. The van der Waals surface area contributed by atoms with E-state index in [0.717, 1.165) is 16.5 Å². The number of hydrogen-bond acceptors (Lipinski definition) is 4. The number of rotatable bonds is 5. The fourth-order valence-electron chi connectivity index (χ4n) is 3.38. The summed E-state index contributed by atoms with van der Waals surface area (Å²) in [5, 5.41) is 18.8. The molecule has 0 aliphatic heterocycles. The molecule has 0 aliphatic carbocycles. The Morgan fingerprint density at radius 2 is 2.07 bits per heavy atom. The van der Waals surface area contributed by atoms with Crippen LogP contribution in [-0.4, -0.2) is 27.3 Å². The number of fused-ring (bicyclic) bond motifs is 1. The van der Waals surface area contributed by atoms with Gasteiger partial charge in [-0.2, -0.15) is 0 Å². The van der Waals surface area contributed by atoms with E-state index in [0.29, 0.717) is 27.6 Å².